The second-order valence-electron chi connectivity index (χ2n) is 9.48. The van der Waals surface area contributed by atoms with Crippen molar-refractivity contribution in [1.82, 2.24) is 14.1 Å². The first kappa shape index (κ1) is 28.3. The van der Waals surface area contributed by atoms with Crippen molar-refractivity contribution in [1.29, 1.82) is 0 Å². The molecular formula is C26H38N4O4S2. The second kappa shape index (κ2) is 12.3. The maximum atomic E-state index is 13.2. The van der Waals surface area contributed by atoms with Crippen LogP contribution in [0.2, 0.25) is 0 Å². The monoisotopic (exact) mass is 534 g/mol. The van der Waals surface area contributed by atoms with Crippen molar-refractivity contribution in [3.8, 4) is 0 Å². The van der Waals surface area contributed by atoms with Crippen molar-refractivity contribution in [3.63, 3.8) is 0 Å². The molecule has 1 aromatic heterocycles. The number of unbranched alkanes of at least 4 members (excludes halogenated alkanes) is 2. The predicted octanol–water partition coefficient (Wildman–Crippen LogP) is 4.28. The Balaban J connectivity index is 1.83. The fraction of sp³-hybridized carbons (Fsp3) is 0.538. The largest absolute Gasteiger partial charge is 0.345 e. The van der Waals surface area contributed by atoms with E-state index in [2.05, 4.69) is 10.2 Å². The molecule has 0 atom stereocenters. The number of nitrogens with one attached hydrogen (secondary N) is 1. The van der Waals surface area contributed by atoms with Crippen molar-refractivity contribution >= 4 is 38.2 Å². The van der Waals surface area contributed by atoms with Crippen molar-refractivity contribution in [2.45, 2.75) is 57.4 Å². The third-order valence-electron chi connectivity index (χ3n) is 6.37. The molecule has 3 rings (SSSR count). The highest BCUT2D eigenvalue weighted by Gasteiger charge is 2.29. The lowest BCUT2D eigenvalue weighted by Crippen LogP contribution is -2.33. The summed E-state index contributed by atoms with van der Waals surface area (Å²) in [5.74, 6) is -0.499. The number of benzene rings is 1. The van der Waals surface area contributed by atoms with Crippen LogP contribution in [0.1, 0.15) is 70.7 Å². The van der Waals surface area contributed by atoms with Crippen LogP contribution in [0.3, 0.4) is 0 Å². The van der Waals surface area contributed by atoms with Crippen molar-refractivity contribution in [2.75, 3.05) is 46.1 Å². The number of nitrogens with zero attached hydrogens (tertiary/aromatic N) is 3. The number of hydrogen-bond acceptors (Lipinski definition) is 6. The Morgan fingerprint density at radius 2 is 1.67 bits per heavy atom. The van der Waals surface area contributed by atoms with Gasteiger partial charge in [-0.05, 0) is 56.1 Å². The molecular weight excluding hydrogens is 496 g/mol. The van der Waals surface area contributed by atoms with Gasteiger partial charge in [-0.25, -0.2) is 8.42 Å². The van der Waals surface area contributed by atoms with Gasteiger partial charge in [0.25, 0.3) is 11.8 Å². The Morgan fingerprint density at radius 3 is 2.22 bits per heavy atom. The summed E-state index contributed by atoms with van der Waals surface area (Å²) in [5.41, 5.74) is 1.91. The number of amides is 2. The van der Waals surface area contributed by atoms with Crippen LogP contribution >= 0.6 is 11.3 Å². The molecule has 1 aliphatic heterocycles. The number of rotatable bonds is 11. The van der Waals surface area contributed by atoms with Gasteiger partial charge in [0.2, 0.25) is 10.0 Å². The Morgan fingerprint density at radius 1 is 1.06 bits per heavy atom. The van der Waals surface area contributed by atoms with E-state index >= 15 is 0 Å². The van der Waals surface area contributed by atoms with Gasteiger partial charge in [-0.15, -0.1) is 11.3 Å². The van der Waals surface area contributed by atoms with E-state index in [-0.39, 0.29) is 16.7 Å². The second-order valence-corrected chi connectivity index (χ2v) is 12.5. The molecule has 0 saturated carbocycles. The summed E-state index contributed by atoms with van der Waals surface area (Å²) in [6, 6.07) is 6.06. The standard InChI is InChI=1S/C26H38N4O4S2/c1-6-8-15-30(16-9-7-2)36(33,34)20-12-10-19(11-13-20)24(31)27-25-23(26(32)28(3)4)21-14-17-29(5)18-22(21)35-25/h10-13H,6-9,14-18H2,1-5H3,(H,27,31). The van der Waals surface area contributed by atoms with Crippen LogP contribution in [-0.4, -0.2) is 75.1 Å². The maximum absolute atomic E-state index is 13.2. The van der Waals surface area contributed by atoms with Crippen molar-refractivity contribution in [3.05, 3.63) is 45.8 Å². The summed E-state index contributed by atoms with van der Waals surface area (Å²) in [6.07, 6.45) is 4.19. The molecule has 1 aromatic carbocycles. The van der Waals surface area contributed by atoms with Crippen molar-refractivity contribution < 1.29 is 18.0 Å². The zero-order chi connectivity index (χ0) is 26.5. The minimum Gasteiger partial charge on any atom is -0.345 e. The average Bonchev–Trinajstić information content (AvgIpc) is 3.19. The summed E-state index contributed by atoms with van der Waals surface area (Å²) in [4.78, 5) is 31.1. The molecule has 198 valence electrons. The number of likely N-dealkylation sites (N-methyl/N-ethyl adjacent to an activating group) is 1. The first-order valence-corrected chi connectivity index (χ1v) is 14.8. The minimum absolute atomic E-state index is 0.131. The lowest BCUT2D eigenvalue weighted by atomic mass is 10.0. The fourth-order valence-electron chi connectivity index (χ4n) is 4.19. The smallest absolute Gasteiger partial charge is 0.256 e. The number of sulfonamides is 1. The molecule has 0 fully saturated rings. The Labute approximate surface area is 219 Å². The zero-order valence-electron chi connectivity index (χ0n) is 22.0. The molecule has 0 saturated heterocycles. The average molecular weight is 535 g/mol. The number of anilines is 1. The van der Waals surface area contributed by atoms with Crippen LogP contribution < -0.4 is 5.32 Å². The van der Waals surface area contributed by atoms with Crippen LogP contribution in [0, 0.1) is 0 Å². The van der Waals surface area contributed by atoms with Gasteiger partial charge in [0, 0.05) is 50.7 Å². The van der Waals surface area contributed by atoms with Gasteiger partial charge in [0.15, 0.2) is 0 Å². The zero-order valence-corrected chi connectivity index (χ0v) is 23.6. The summed E-state index contributed by atoms with van der Waals surface area (Å²) >= 11 is 1.44. The number of fused-ring (bicyclic) bond motifs is 1. The van der Waals surface area contributed by atoms with E-state index < -0.39 is 10.0 Å². The first-order valence-electron chi connectivity index (χ1n) is 12.6. The van der Waals surface area contributed by atoms with Gasteiger partial charge in [0.1, 0.15) is 5.00 Å². The third-order valence-corrected chi connectivity index (χ3v) is 9.42. The normalized spacial score (nSPS) is 14.1. The highest BCUT2D eigenvalue weighted by molar-refractivity contribution is 7.89. The number of carbonyl (C=O) groups excluding carboxylic acids is 2. The molecule has 1 N–H and O–H groups in total. The molecule has 0 aliphatic carbocycles. The summed E-state index contributed by atoms with van der Waals surface area (Å²) in [5, 5.41) is 3.47. The van der Waals surface area contributed by atoms with E-state index in [1.807, 2.05) is 20.9 Å². The van der Waals surface area contributed by atoms with Gasteiger partial charge in [-0.2, -0.15) is 4.31 Å². The van der Waals surface area contributed by atoms with E-state index in [4.69, 9.17) is 0 Å². The lowest BCUT2D eigenvalue weighted by molar-refractivity contribution is 0.0827. The molecule has 0 radical (unpaired) electrons. The van der Waals surface area contributed by atoms with E-state index in [0.29, 0.717) is 29.2 Å². The van der Waals surface area contributed by atoms with Crippen molar-refractivity contribution in [2.24, 2.45) is 0 Å². The van der Waals surface area contributed by atoms with Crippen LogP contribution in [0.4, 0.5) is 5.00 Å². The number of hydrogen-bond donors (Lipinski definition) is 1. The molecule has 1 aliphatic rings. The lowest BCUT2D eigenvalue weighted by Gasteiger charge is -2.23. The molecule has 0 unspecified atom stereocenters. The molecule has 10 heteroatoms. The molecule has 2 heterocycles. The first-order chi connectivity index (χ1) is 17.1. The number of thiophene rings is 1. The van der Waals surface area contributed by atoms with Gasteiger partial charge >= 0.3 is 0 Å². The molecule has 8 nitrogen and oxygen atoms in total. The van der Waals surface area contributed by atoms with E-state index in [1.54, 1.807) is 18.4 Å². The van der Waals surface area contributed by atoms with Crippen LogP contribution in [0.5, 0.6) is 0 Å². The van der Waals surface area contributed by atoms with E-state index in [0.717, 1.165) is 55.6 Å². The van der Waals surface area contributed by atoms with Gasteiger partial charge in [0.05, 0.1) is 10.5 Å². The Bertz CT molecular complexity index is 1170. The van der Waals surface area contributed by atoms with Gasteiger partial charge in [-0.3, -0.25) is 9.59 Å². The Hall–Kier alpha value is -2.27. The van der Waals surface area contributed by atoms with Gasteiger partial charge in [-0.1, -0.05) is 26.7 Å². The molecule has 0 bridgehead atoms. The third kappa shape index (κ3) is 6.34. The summed E-state index contributed by atoms with van der Waals surface area (Å²) in [6.45, 7) is 6.65. The fourth-order valence-corrected chi connectivity index (χ4v) is 7.02. The topological polar surface area (TPSA) is 90.0 Å². The van der Waals surface area contributed by atoms with E-state index in [1.165, 1.54) is 40.5 Å². The maximum Gasteiger partial charge on any atom is 0.256 e. The SMILES string of the molecule is CCCCN(CCCC)S(=O)(=O)c1ccc(C(=O)Nc2sc3c(c2C(=O)N(C)C)CCN(C)C3)cc1. The number of carbonyl (C=O) groups is 2. The minimum atomic E-state index is -3.63. The summed E-state index contributed by atoms with van der Waals surface area (Å²) in [7, 11) is 1.81. The quantitative estimate of drug-likeness (QED) is 0.465. The van der Waals surface area contributed by atoms with Crippen LogP contribution in [0.25, 0.3) is 0 Å². The highest BCUT2D eigenvalue weighted by Crippen LogP contribution is 2.37. The summed E-state index contributed by atoms with van der Waals surface area (Å²) < 4.78 is 28.0. The molecule has 36 heavy (non-hydrogen) atoms. The Kier molecular flexibility index (Phi) is 9.68. The predicted molar refractivity (Wildman–Crippen MR) is 145 cm³/mol. The molecule has 0 spiro atoms. The van der Waals surface area contributed by atoms with Gasteiger partial charge < -0.3 is 15.1 Å². The van der Waals surface area contributed by atoms with Crippen LogP contribution in [-0.2, 0) is 23.0 Å². The molecule has 2 aromatic rings. The highest BCUT2D eigenvalue weighted by atomic mass is 32.2. The van der Waals surface area contributed by atoms with Crippen LogP contribution in [0.15, 0.2) is 29.2 Å². The van der Waals surface area contributed by atoms with E-state index in [9.17, 15) is 18.0 Å². The molecule has 2 amide bonds.